The van der Waals surface area contributed by atoms with Gasteiger partial charge in [-0.2, -0.15) is 0 Å². The highest BCUT2D eigenvalue weighted by molar-refractivity contribution is 7.03. The van der Waals surface area contributed by atoms with Crippen LogP contribution in [0, 0.1) is 5.82 Å². The van der Waals surface area contributed by atoms with Crippen molar-refractivity contribution in [3.8, 4) is 0 Å². The van der Waals surface area contributed by atoms with E-state index in [0.29, 0.717) is 5.56 Å². The van der Waals surface area contributed by atoms with Gasteiger partial charge in [0.25, 0.3) is 5.91 Å². The van der Waals surface area contributed by atoms with Crippen molar-refractivity contribution in [2.45, 2.75) is 69.5 Å². The Balaban J connectivity index is 1.71. The van der Waals surface area contributed by atoms with Crippen LogP contribution < -0.4 is 5.32 Å². The number of rotatable bonds is 6. The fourth-order valence-electron chi connectivity index (χ4n) is 4.50. The quantitative estimate of drug-likeness (QED) is 0.776. The number of nitrogens with one attached hydrogen (secondary N) is 1. The third-order valence-corrected chi connectivity index (χ3v) is 6.45. The number of halogens is 1. The van der Waals surface area contributed by atoms with E-state index < -0.39 is 6.04 Å². The van der Waals surface area contributed by atoms with E-state index in [9.17, 15) is 14.0 Å². The summed E-state index contributed by atoms with van der Waals surface area (Å²) in [5.41, 5.74) is 0.869. The third kappa shape index (κ3) is 4.47. The van der Waals surface area contributed by atoms with Crippen molar-refractivity contribution in [2.24, 2.45) is 0 Å². The molecule has 2 aliphatic carbocycles. The molecular weight excluding hydrogens is 391 g/mol. The van der Waals surface area contributed by atoms with Gasteiger partial charge in [0.05, 0.1) is 0 Å². The number of carbonyl (C=O) groups is 2. The van der Waals surface area contributed by atoms with Gasteiger partial charge in [-0.05, 0) is 54.9 Å². The van der Waals surface area contributed by atoms with E-state index in [1.807, 2.05) is 0 Å². The summed E-state index contributed by atoms with van der Waals surface area (Å²) in [6.45, 7) is 0. The van der Waals surface area contributed by atoms with Gasteiger partial charge in [0.15, 0.2) is 5.69 Å². The molecule has 1 aromatic heterocycles. The van der Waals surface area contributed by atoms with Gasteiger partial charge >= 0.3 is 0 Å². The van der Waals surface area contributed by atoms with E-state index in [2.05, 4.69) is 14.9 Å². The van der Waals surface area contributed by atoms with Crippen LogP contribution in [0.2, 0.25) is 0 Å². The highest BCUT2D eigenvalue weighted by Gasteiger charge is 2.39. The van der Waals surface area contributed by atoms with Crippen molar-refractivity contribution >= 4 is 23.3 Å². The van der Waals surface area contributed by atoms with Crippen LogP contribution in [0.3, 0.4) is 0 Å². The van der Waals surface area contributed by atoms with Crippen molar-refractivity contribution in [1.82, 2.24) is 19.8 Å². The second kappa shape index (κ2) is 8.98. The van der Waals surface area contributed by atoms with Gasteiger partial charge in [-0.25, -0.2) is 4.39 Å². The number of nitrogens with zero attached hydrogens (tertiary/aromatic N) is 3. The van der Waals surface area contributed by atoms with Crippen molar-refractivity contribution < 1.29 is 14.0 Å². The van der Waals surface area contributed by atoms with Gasteiger partial charge in [0.1, 0.15) is 11.9 Å². The van der Waals surface area contributed by atoms with Crippen LogP contribution >= 0.6 is 11.5 Å². The first kappa shape index (κ1) is 19.9. The zero-order valence-electron chi connectivity index (χ0n) is 16.2. The SMILES string of the molecule is O=C(NC1CCCC1)[C@H](c1ccc(F)cc1)N(C(=O)c1csnn1)C1CCCC1. The van der Waals surface area contributed by atoms with Crippen LogP contribution in [0.25, 0.3) is 0 Å². The summed E-state index contributed by atoms with van der Waals surface area (Å²) < 4.78 is 17.4. The molecule has 0 bridgehead atoms. The summed E-state index contributed by atoms with van der Waals surface area (Å²) >= 11 is 1.11. The number of benzene rings is 1. The summed E-state index contributed by atoms with van der Waals surface area (Å²) in [5, 5.41) is 8.70. The summed E-state index contributed by atoms with van der Waals surface area (Å²) in [4.78, 5) is 28.5. The minimum Gasteiger partial charge on any atom is -0.351 e. The largest absolute Gasteiger partial charge is 0.351 e. The first-order valence-corrected chi connectivity index (χ1v) is 11.1. The molecule has 1 aromatic carbocycles. The lowest BCUT2D eigenvalue weighted by atomic mass is 10.00. The molecule has 1 heterocycles. The molecule has 0 unspecified atom stereocenters. The number of hydrogen-bond acceptors (Lipinski definition) is 5. The Bertz CT molecular complexity index is 831. The van der Waals surface area contributed by atoms with Crippen molar-refractivity contribution in [2.75, 3.05) is 0 Å². The molecule has 29 heavy (non-hydrogen) atoms. The average Bonchev–Trinajstić information content (AvgIpc) is 3.49. The van der Waals surface area contributed by atoms with E-state index in [0.717, 1.165) is 62.9 Å². The number of hydrogen-bond donors (Lipinski definition) is 1. The number of carbonyl (C=O) groups excluding carboxylic acids is 2. The summed E-state index contributed by atoms with van der Waals surface area (Å²) in [6.07, 6.45) is 7.83. The molecule has 2 amide bonds. The minimum atomic E-state index is -0.812. The molecular formula is C21H25FN4O2S. The van der Waals surface area contributed by atoms with Crippen LogP contribution in [0.4, 0.5) is 4.39 Å². The van der Waals surface area contributed by atoms with Crippen molar-refractivity contribution in [3.63, 3.8) is 0 Å². The Morgan fingerprint density at radius 2 is 1.72 bits per heavy atom. The number of amides is 2. The van der Waals surface area contributed by atoms with Crippen molar-refractivity contribution in [1.29, 1.82) is 0 Å². The van der Waals surface area contributed by atoms with Gasteiger partial charge in [-0.15, -0.1) is 5.10 Å². The fourth-order valence-corrected chi connectivity index (χ4v) is 4.93. The Morgan fingerprint density at radius 1 is 1.07 bits per heavy atom. The molecule has 0 spiro atoms. The standard InChI is InChI=1S/C21H25FN4O2S/c22-15-11-9-14(10-12-15)19(20(27)23-16-5-1-2-6-16)26(17-7-3-4-8-17)21(28)18-13-29-25-24-18/h9-13,16-17,19H,1-8H2,(H,23,27)/t19-/m0/s1. The van der Waals surface area contributed by atoms with E-state index in [1.54, 1.807) is 22.4 Å². The predicted molar refractivity (Wildman–Crippen MR) is 108 cm³/mol. The molecule has 2 saturated carbocycles. The average molecular weight is 417 g/mol. The lowest BCUT2D eigenvalue weighted by Crippen LogP contribution is -2.49. The van der Waals surface area contributed by atoms with Crippen LogP contribution in [0.15, 0.2) is 29.6 Å². The second-order valence-electron chi connectivity index (χ2n) is 7.88. The monoisotopic (exact) mass is 416 g/mol. The maximum absolute atomic E-state index is 13.6. The normalized spacial score (nSPS) is 18.7. The zero-order chi connectivity index (χ0) is 20.2. The lowest BCUT2D eigenvalue weighted by Gasteiger charge is -2.36. The second-order valence-corrected chi connectivity index (χ2v) is 8.49. The van der Waals surface area contributed by atoms with Crippen LogP contribution in [-0.2, 0) is 4.79 Å². The Morgan fingerprint density at radius 3 is 2.34 bits per heavy atom. The Labute approximate surface area is 173 Å². The topological polar surface area (TPSA) is 75.2 Å². The van der Waals surface area contributed by atoms with Gasteiger partial charge in [0.2, 0.25) is 5.91 Å². The molecule has 2 aliphatic rings. The molecule has 2 aromatic rings. The van der Waals surface area contributed by atoms with E-state index in [-0.39, 0.29) is 35.4 Å². The molecule has 4 rings (SSSR count). The van der Waals surface area contributed by atoms with Gasteiger partial charge in [0, 0.05) is 17.5 Å². The Kier molecular flexibility index (Phi) is 6.18. The predicted octanol–water partition coefficient (Wildman–Crippen LogP) is 3.86. The summed E-state index contributed by atoms with van der Waals surface area (Å²) in [6, 6.07) is 5.15. The summed E-state index contributed by atoms with van der Waals surface area (Å²) in [5.74, 6) is -0.861. The Hall–Kier alpha value is -2.35. The fraction of sp³-hybridized carbons (Fsp3) is 0.524. The molecule has 0 aliphatic heterocycles. The highest BCUT2D eigenvalue weighted by atomic mass is 32.1. The highest BCUT2D eigenvalue weighted by Crippen LogP contribution is 2.33. The van der Waals surface area contributed by atoms with Crippen LogP contribution in [-0.4, -0.2) is 38.4 Å². The minimum absolute atomic E-state index is 0.0476. The third-order valence-electron chi connectivity index (χ3n) is 5.95. The van der Waals surface area contributed by atoms with Crippen molar-refractivity contribution in [3.05, 3.63) is 46.7 Å². The van der Waals surface area contributed by atoms with Crippen LogP contribution in [0.5, 0.6) is 0 Å². The maximum atomic E-state index is 13.6. The van der Waals surface area contributed by atoms with E-state index in [1.165, 1.54) is 12.1 Å². The first-order valence-electron chi connectivity index (χ1n) is 10.3. The van der Waals surface area contributed by atoms with Gasteiger partial charge in [-0.3, -0.25) is 9.59 Å². The molecule has 8 heteroatoms. The molecule has 1 atom stereocenters. The van der Waals surface area contributed by atoms with Crippen LogP contribution in [0.1, 0.15) is 73.5 Å². The molecule has 0 radical (unpaired) electrons. The molecule has 6 nitrogen and oxygen atoms in total. The number of aromatic nitrogens is 2. The first-order chi connectivity index (χ1) is 14.1. The molecule has 0 saturated heterocycles. The van der Waals surface area contributed by atoms with E-state index >= 15 is 0 Å². The lowest BCUT2D eigenvalue weighted by molar-refractivity contribution is -0.127. The summed E-state index contributed by atoms with van der Waals surface area (Å²) in [7, 11) is 0. The van der Waals surface area contributed by atoms with Gasteiger partial charge < -0.3 is 10.2 Å². The van der Waals surface area contributed by atoms with Gasteiger partial charge in [-0.1, -0.05) is 42.3 Å². The molecule has 1 N–H and O–H groups in total. The van der Waals surface area contributed by atoms with E-state index in [4.69, 9.17) is 0 Å². The molecule has 154 valence electrons. The smallest absolute Gasteiger partial charge is 0.276 e. The molecule has 2 fully saturated rings. The maximum Gasteiger partial charge on any atom is 0.276 e. The zero-order valence-corrected chi connectivity index (χ0v) is 17.0.